The Morgan fingerprint density at radius 2 is 1.56 bits per heavy atom. The second-order valence-corrected chi connectivity index (χ2v) is 2.14. The summed E-state index contributed by atoms with van der Waals surface area (Å²) in [5.74, 6) is 0.0480. The van der Waals surface area contributed by atoms with Gasteiger partial charge in [-0.25, -0.2) is 0 Å². The molecule has 0 aliphatic rings. The largest absolute Gasteiger partial charge is 0.454 e. The average Bonchev–Trinajstić information content (AvgIpc) is 2.39. The molecule has 0 aromatic rings. The van der Waals surface area contributed by atoms with Gasteiger partial charge >= 0.3 is 0 Å². The molecule has 0 heterocycles. The molecule has 0 saturated carbocycles. The molecule has 0 atom stereocenters. The third kappa shape index (κ3) is 36.2. The van der Waals surface area contributed by atoms with Gasteiger partial charge in [0.25, 0.3) is 0 Å². The number of hydrogen-bond donors (Lipinski definition) is 6. The molecule has 0 rings (SSSR count). The van der Waals surface area contributed by atoms with Crippen LogP contribution >= 0.6 is 0 Å². The van der Waals surface area contributed by atoms with Gasteiger partial charge in [-0.15, -0.1) is 0 Å². The lowest BCUT2D eigenvalue weighted by molar-refractivity contribution is -0.0763. The number of rotatable bonds is 7. The van der Waals surface area contributed by atoms with Crippen LogP contribution in [0.5, 0.6) is 0 Å². The summed E-state index contributed by atoms with van der Waals surface area (Å²) in [5, 5.41) is 29.9. The van der Waals surface area contributed by atoms with Crippen molar-refractivity contribution in [2.45, 2.75) is 0 Å². The van der Waals surface area contributed by atoms with E-state index in [1.807, 2.05) is 0 Å². The van der Waals surface area contributed by atoms with E-state index in [4.69, 9.17) is 32.2 Å². The first kappa shape index (κ1) is 22.3. The molecule has 0 aromatic carbocycles. The highest BCUT2D eigenvalue weighted by Crippen LogP contribution is 1.74. The first-order chi connectivity index (χ1) is 8.64. The molecule has 0 spiro atoms. The van der Waals surface area contributed by atoms with Gasteiger partial charge in [0.2, 0.25) is 0 Å². The molecule has 0 aliphatic carbocycles. The van der Waals surface area contributed by atoms with E-state index in [1.54, 1.807) is 0 Å². The van der Waals surface area contributed by atoms with Crippen LogP contribution in [0.3, 0.4) is 0 Å². The van der Waals surface area contributed by atoms with Crippen LogP contribution < -0.4 is 11.5 Å². The summed E-state index contributed by atoms with van der Waals surface area (Å²) in [5.41, 5.74) is 9.76. The molecule has 10 nitrogen and oxygen atoms in total. The molecule has 0 unspecified atom stereocenters. The van der Waals surface area contributed by atoms with Crippen LogP contribution in [-0.4, -0.2) is 68.8 Å². The van der Waals surface area contributed by atoms with Crippen LogP contribution in [0.15, 0.2) is 0 Å². The SMILES string of the molecule is COCOC(=N)CN.NCOCO.OCOCO. The van der Waals surface area contributed by atoms with E-state index in [-0.39, 0.29) is 32.8 Å². The molecule has 0 aromatic heterocycles. The number of nitrogens with two attached hydrogens (primary N) is 2. The summed E-state index contributed by atoms with van der Waals surface area (Å²) in [6.45, 7) is -0.764. The summed E-state index contributed by atoms with van der Waals surface area (Å²) in [4.78, 5) is 0. The first-order valence-corrected chi connectivity index (χ1v) is 4.71. The summed E-state index contributed by atoms with van der Waals surface area (Å²) in [7, 11) is 1.49. The van der Waals surface area contributed by atoms with Crippen LogP contribution in [0.4, 0.5) is 0 Å². The molecule has 0 saturated heterocycles. The Balaban J connectivity index is -0.000000197. The lowest BCUT2D eigenvalue weighted by Crippen LogP contribution is -2.16. The predicted molar refractivity (Wildman–Crippen MR) is 62.2 cm³/mol. The van der Waals surface area contributed by atoms with Gasteiger partial charge in [-0.3, -0.25) is 5.41 Å². The van der Waals surface area contributed by atoms with Gasteiger partial charge < -0.3 is 45.7 Å². The topological polar surface area (TPSA) is 173 Å². The average molecular weight is 273 g/mol. The van der Waals surface area contributed by atoms with Gasteiger partial charge in [0, 0.05) is 7.11 Å². The molecular weight excluding hydrogens is 250 g/mol. The molecule has 0 amide bonds. The molecule has 10 heteroatoms. The van der Waals surface area contributed by atoms with E-state index in [9.17, 15) is 0 Å². The minimum atomic E-state index is -0.406. The molecule has 0 aliphatic heterocycles. The molecule has 0 bridgehead atoms. The lowest BCUT2D eigenvalue weighted by atomic mass is 10.7. The van der Waals surface area contributed by atoms with Gasteiger partial charge in [0.05, 0.1) is 13.3 Å². The Kier molecular flexibility index (Phi) is 31.2. The maximum atomic E-state index is 7.76. The van der Waals surface area contributed by atoms with Gasteiger partial charge in [-0.1, -0.05) is 0 Å². The van der Waals surface area contributed by atoms with Crippen molar-refractivity contribution < 1.29 is 34.3 Å². The maximum Gasteiger partial charge on any atom is 0.197 e. The highest BCUT2D eigenvalue weighted by atomic mass is 16.7. The molecular formula is C8H23N3O7. The van der Waals surface area contributed by atoms with Crippen molar-refractivity contribution in [2.75, 3.05) is 47.6 Å². The van der Waals surface area contributed by atoms with E-state index in [2.05, 4.69) is 18.9 Å². The zero-order chi connectivity index (χ0) is 14.6. The van der Waals surface area contributed by atoms with Gasteiger partial charge in [0.1, 0.15) is 20.4 Å². The van der Waals surface area contributed by atoms with Gasteiger partial charge in [0.15, 0.2) is 12.7 Å². The zero-order valence-electron chi connectivity index (χ0n) is 10.4. The fourth-order valence-corrected chi connectivity index (χ4v) is 0.283. The van der Waals surface area contributed by atoms with E-state index in [0.717, 1.165) is 0 Å². The Morgan fingerprint density at radius 3 is 1.72 bits per heavy atom. The third-order valence-corrected chi connectivity index (χ3v) is 0.928. The summed E-state index contributed by atoms with van der Waals surface area (Å²) >= 11 is 0. The Bertz CT molecular complexity index is 141. The van der Waals surface area contributed by atoms with Crippen LogP contribution in [0, 0.1) is 5.41 Å². The van der Waals surface area contributed by atoms with Crippen molar-refractivity contribution >= 4 is 5.90 Å². The first-order valence-electron chi connectivity index (χ1n) is 4.71. The van der Waals surface area contributed by atoms with Crippen molar-refractivity contribution in [3.63, 3.8) is 0 Å². The Labute approximate surface area is 106 Å². The molecule has 18 heavy (non-hydrogen) atoms. The molecule has 112 valence electrons. The molecule has 0 fully saturated rings. The van der Waals surface area contributed by atoms with E-state index >= 15 is 0 Å². The second-order valence-electron chi connectivity index (χ2n) is 2.14. The van der Waals surface area contributed by atoms with Crippen LogP contribution in [0.1, 0.15) is 0 Å². The van der Waals surface area contributed by atoms with E-state index in [1.165, 1.54) is 7.11 Å². The second kappa shape index (κ2) is 25.1. The molecule has 0 radical (unpaired) electrons. The smallest absolute Gasteiger partial charge is 0.197 e. The summed E-state index contributed by atoms with van der Waals surface area (Å²) < 4.78 is 17.2. The van der Waals surface area contributed by atoms with E-state index in [0.29, 0.717) is 0 Å². The van der Waals surface area contributed by atoms with Crippen molar-refractivity contribution in [1.29, 1.82) is 5.41 Å². The number of aliphatic hydroxyl groups is 3. The van der Waals surface area contributed by atoms with E-state index < -0.39 is 13.6 Å². The summed E-state index contributed by atoms with van der Waals surface area (Å²) in [6.07, 6.45) is 0. The highest BCUT2D eigenvalue weighted by Gasteiger charge is 1.88. The van der Waals surface area contributed by atoms with Crippen molar-refractivity contribution in [3.05, 3.63) is 0 Å². The number of nitrogens with one attached hydrogen (secondary N) is 1. The molecule has 8 N–H and O–H groups in total. The van der Waals surface area contributed by atoms with Crippen molar-refractivity contribution in [3.8, 4) is 0 Å². The van der Waals surface area contributed by atoms with Gasteiger partial charge in [-0.2, -0.15) is 0 Å². The van der Waals surface area contributed by atoms with Crippen LogP contribution in [0.25, 0.3) is 0 Å². The number of ether oxygens (including phenoxy) is 4. The van der Waals surface area contributed by atoms with Crippen LogP contribution in [-0.2, 0) is 18.9 Å². The zero-order valence-corrected chi connectivity index (χ0v) is 10.4. The third-order valence-electron chi connectivity index (χ3n) is 0.928. The monoisotopic (exact) mass is 273 g/mol. The predicted octanol–water partition coefficient (Wildman–Crippen LogP) is -2.69. The lowest BCUT2D eigenvalue weighted by Gasteiger charge is -2.01. The summed E-state index contributed by atoms with van der Waals surface area (Å²) in [6, 6.07) is 0. The number of methoxy groups -OCH3 is 1. The Morgan fingerprint density at radius 1 is 1.06 bits per heavy atom. The van der Waals surface area contributed by atoms with Crippen LogP contribution in [0.2, 0.25) is 0 Å². The minimum absolute atomic E-state index is 0.0480. The number of aliphatic hydroxyl groups excluding tert-OH is 3. The standard InChI is InChI=1S/C4H10N2O2.C2H7NO2.C2H6O3/c1-7-3-8-4(6)2-5;2*3-1-5-2-4/h6H,2-3,5H2,1H3;4H,1-3H2;3-4H,1-2H2. The highest BCUT2D eigenvalue weighted by molar-refractivity contribution is 5.74. The van der Waals surface area contributed by atoms with Crippen molar-refractivity contribution in [1.82, 2.24) is 0 Å². The minimum Gasteiger partial charge on any atom is -0.454 e. The quantitative estimate of drug-likeness (QED) is 0.164. The maximum absolute atomic E-state index is 7.76. The fourth-order valence-electron chi connectivity index (χ4n) is 0.283. The normalized spacial score (nSPS) is 8.56. The fraction of sp³-hybridized carbons (Fsp3) is 0.875. The number of hydrogen-bond acceptors (Lipinski definition) is 10. The van der Waals surface area contributed by atoms with Crippen molar-refractivity contribution in [2.24, 2.45) is 11.5 Å². The Hall–Kier alpha value is -0.850. The van der Waals surface area contributed by atoms with Gasteiger partial charge in [-0.05, 0) is 0 Å².